The molecule has 1 saturated heterocycles. The average Bonchev–Trinajstić information content (AvgIpc) is 3.35. The number of benzene rings is 2. The zero-order chi connectivity index (χ0) is 24.2. The molecular formula is C25H23N3O4S2. The Morgan fingerprint density at radius 1 is 1.24 bits per heavy atom. The second-order valence-corrected chi connectivity index (χ2v) is 9.38. The minimum Gasteiger partial charge on any atom is -0.493 e. The van der Waals surface area contributed by atoms with Gasteiger partial charge in [0.25, 0.3) is 5.91 Å². The number of hydrogen-bond acceptors (Lipinski definition) is 6. The number of thioether (sulfide) groups is 1. The molecule has 3 aromatic rings. The molecule has 0 radical (unpaired) electrons. The van der Waals surface area contributed by atoms with Crippen molar-refractivity contribution >= 4 is 46.3 Å². The predicted octanol–water partition coefficient (Wildman–Crippen LogP) is 4.92. The van der Waals surface area contributed by atoms with E-state index in [0.717, 1.165) is 51.2 Å². The third-order valence-electron chi connectivity index (χ3n) is 5.13. The lowest BCUT2D eigenvalue weighted by Crippen LogP contribution is -2.33. The summed E-state index contributed by atoms with van der Waals surface area (Å²) in [4.78, 5) is 25.4. The number of carbonyl (C=O) groups excluding carboxylic acids is 1. The van der Waals surface area contributed by atoms with Crippen molar-refractivity contribution < 1.29 is 19.4 Å². The molecular weight excluding hydrogens is 470 g/mol. The van der Waals surface area contributed by atoms with Gasteiger partial charge in [0, 0.05) is 17.3 Å². The molecule has 7 nitrogen and oxygen atoms in total. The zero-order valence-electron chi connectivity index (χ0n) is 18.7. The first kappa shape index (κ1) is 23.7. The summed E-state index contributed by atoms with van der Waals surface area (Å²) in [5.41, 5.74) is 4.16. The maximum Gasteiger partial charge on any atom is 0.323 e. The topological polar surface area (TPSA) is 84.7 Å². The maximum atomic E-state index is 12.8. The van der Waals surface area contributed by atoms with E-state index in [1.807, 2.05) is 61.7 Å². The van der Waals surface area contributed by atoms with Gasteiger partial charge in [-0.2, -0.15) is 5.10 Å². The Bertz CT molecular complexity index is 1280. The second kappa shape index (κ2) is 10.2. The minimum atomic E-state index is -1.11. The van der Waals surface area contributed by atoms with Gasteiger partial charge in [-0.3, -0.25) is 14.5 Å². The smallest absolute Gasteiger partial charge is 0.323 e. The summed E-state index contributed by atoms with van der Waals surface area (Å²) in [7, 11) is 0. The molecule has 1 amide bonds. The van der Waals surface area contributed by atoms with E-state index in [0.29, 0.717) is 17.2 Å². The van der Waals surface area contributed by atoms with Crippen LogP contribution in [-0.4, -0.2) is 49.1 Å². The van der Waals surface area contributed by atoms with Crippen LogP contribution in [0.5, 0.6) is 5.75 Å². The number of carboxylic acid groups (broad SMARTS) is 1. The number of rotatable bonds is 8. The van der Waals surface area contributed by atoms with Crippen molar-refractivity contribution in [1.82, 2.24) is 14.7 Å². The summed E-state index contributed by atoms with van der Waals surface area (Å²) in [5, 5.41) is 13.9. The lowest BCUT2D eigenvalue weighted by Gasteiger charge is -2.10. The molecule has 2 aromatic carbocycles. The third kappa shape index (κ3) is 5.05. The SMILES string of the molecule is CCCOc1ccc(-c2nn(-c3ccccc3)cc2/C=C2/SC(=S)N(CC(=O)O)C2=O)cc1C. The molecule has 1 aliphatic heterocycles. The summed E-state index contributed by atoms with van der Waals surface area (Å²) >= 11 is 6.32. The van der Waals surface area contributed by atoms with Crippen LogP contribution in [0.3, 0.4) is 0 Å². The van der Waals surface area contributed by atoms with Gasteiger partial charge in [0.15, 0.2) is 0 Å². The lowest BCUT2D eigenvalue weighted by atomic mass is 10.0. The number of amides is 1. The van der Waals surface area contributed by atoms with Crippen molar-refractivity contribution in [3.63, 3.8) is 0 Å². The molecule has 0 saturated carbocycles. The van der Waals surface area contributed by atoms with Gasteiger partial charge in [-0.1, -0.05) is 49.1 Å². The van der Waals surface area contributed by atoms with Gasteiger partial charge in [-0.05, 0) is 55.3 Å². The largest absolute Gasteiger partial charge is 0.493 e. The number of nitrogens with zero attached hydrogens (tertiary/aromatic N) is 3. The number of carboxylic acids is 1. The fourth-order valence-corrected chi connectivity index (χ4v) is 4.76. The molecule has 174 valence electrons. The predicted molar refractivity (Wildman–Crippen MR) is 137 cm³/mol. The van der Waals surface area contributed by atoms with Crippen LogP contribution in [0.4, 0.5) is 0 Å². The normalized spacial score (nSPS) is 14.8. The minimum absolute atomic E-state index is 0.226. The number of ether oxygens (including phenoxy) is 1. The number of aliphatic carboxylic acids is 1. The van der Waals surface area contributed by atoms with Crippen molar-refractivity contribution in [2.45, 2.75) is 20.3 Å². The third-order valence-corrected chi connectivity index (χ3v) is 6.50. The molecule has 0 bridgehead atoms. The number of carbonyl (C=O) groups is 2. The highest BCUT2D eigenvalue weighted by atomic mass is 32.2. The maximum absolute atomic E-state index is 12.8. The van der Waals surface area contributed by atoms with E-state index in [9.17, 15) is 9.59 Å². The monoisotopic (exact) mass is 493 g/mol. The fraction of sp³-hybridized carbons (Fsp3) is 0.200. The highest BCUT2D eigenvalue weighted by Crippen LogP contribution is 2.35. The molecule has 1 fully saturated rings. The highest BCUT2D eigenvalue weighted by molar-refractivity contribution is 8.26. The van der Waals surface area contributed by atoms with Crippen LogP contribution in [0.1, 0.15) is 24.5 Å². The van der Waals surface area contributed by atoms with Crippen molar-refractivity contribution in [3.8, 4) is 22.7 Å². The second-order valence-electron chi connectivity index (χ2n) is 7.70. The Labute approximate surface area is 207 Å². The van der Waals surface area contributed by atoms with Gasteiger partial charge < -0.3 is 9.84 Å². The standard InChI is InChI=1S/C25H23N3O4S2/c1-3-11-32-20-10-9-17(12-16(20)2)23-18(14-28(26-23)19-7-5-4-6-8-19)13-21-24(31)27(15-22(29)30)25(33)34-21/h4-10,12-14H,3,11,15H2,1-2H3,(H,29,30)/b21-13+. The molecule has 34 heavy (non-hydrogen) atoms. The molecule has 0 aliphatic carbocycles. The first-order chi connectivity index (χ1) is 16.4. The Morgan fingerprint density at radius 2 is 2.00 bits per heavy atom. The number of hydrogen-bond donors (Lipinski definition) is 1. The Morgan fingerprint density at radius 3 is 2.68 bits per heavy atom. The highest BCUT2D eigenvalue weighted by Gasteiger charge is 2.33. The van der Waals surface area contributed by atoms with E-state index in [1.54, 1.807) is 10.8 Å². The van der Waals surface area contributed by atoms with Crippen molar-refractivity contribution in [2.75, 3.05) is 13.2 Å². The van der Waals surface area contributed by atoms with Gasteiger partial charge in [-0.25, -0.2) is 4.68 Å². The van der Waals surface area contributed by atoms with Crippen LogP contribution in [0.25, 0.3) is 23.0 Å². The molecule has 2 heterocycles. The van der Waals surface area contributed by atoms with Gasteiger partial charge in [0.1, 0.15) is 22.3 Å². The molecule has 9 heteroatoms. The molecule has 1 N–H and O–H groups in total. The summed E-state index contributed by atoms with van der Waals surface area (Å²) < 4.78 is 7.79. The molecule has 0 spiro atoms. The van der Waals surface area contributed by atoms with Crippen LogP contribution in [-0.2, 0) is 9.59 Å². The summed E-state index contributed by atoms with van der Waals surface area (Å²) in [5.74, 6) is -0.713. The number of aryl methyl sites for hydroxylation is 1. The van der Waals surface area contributed by atoms with Crippen molar-refractivity contribution in [1.29, 1.82) is 0 Å². The number of aromatic nitrogens is 2. The van der Waals surface area contributed by atoms with Crippen LogP contribution < -0.4 is 4.74 Å². The fourth-order valence-electron chi connectivity index (χ4n) is 3.51. The Hall–Kier alpha value is -3.43. The zero-order valence-corrected chi connectivity index (χ0v) is 20.4. The van der Waals surface area contributed by atoms with E-state index in [2.05, 4.69) is 6.92 Å². The van der Waals surface area contributed by atoms with E-state index in [4.69, 9.17) is 27.2 Å². The summed E-state index contributed by atoms with van der Waals surface area (Å²) in [6.45, 7) is 4.23. The van der Waals surface area contributed by atoms with Crippen molar-refractivity contribution in [2.24, 2.45) is 0 Å². The van der Waals surface area contributed by atoms with Gasteiger partial charge >= 0.3 is 5.97 Å². The van der Waals surface area contributed by atoms with E-state index in [1.165, 1.54) is 0 Å². The van der Waals surface area contributed by atoms with E-state index in [-0.39, 0.29) is 4.32 Å². The first-order valence-electron chi connectivity index (χ1n) is 10.7. The first-order valence-corrected chi connectivity index (χ1v) is 12.0. The van der Waals surface area contributed by atoms with Crippen LogP contribution in [0, 0.1) is 6.92 Å². The lowest BCUT2D eigenvalue weighted by molar-refractivity contribution is -0.140. The summed E-state index contributed by atoms with van der Waals surface area (Å²) in [6.07, 6.45) is 4.50. The molecule has 1 aliphatic rings. The quantitative estimate of drug-likeness (QED) is 0.352. The van der Waals surface area contributed by atoms with Gasteiger partial charge in [0.05, 0.1) is 17.2 Å². The Kier molecular flexibility index (Phi) is 7.14. The molecule has 0 atom stereocenters. The van der Waals surface area contributed by atoms with Crippen LogP contribution in [0.2, 0.25) is 0 Å². The van der Waals surface area contributed by atoms with E-state index < -0.39 is 18.4 Å². The molecule has 0 unspecified atom stereocenters. The van der Waals surface area contributed by atoms with Crippen molar-refractivity contribution in [3.05, 3.63) is 70.8 Å². The van der Waals surface area contributed by atoms with E-state index >= 15 is 0 Å². The molecule has 1 aromatic heterocycles. The van der Waals surface area contributed by atoms with Gasteiger partial charge in [0.2, 0.25) is 0 Å². The van der Waals surface area contributed by atoms with Gasteiger partial charge in [-0.15, -0.1) is 0 Å². The average molecular weight is 494 g/mol. The molecule has 4 rings (SSSR count). The Balaban J connectivity index is 1.77. The number of thiocarbonyl (C=S) groups is 1. The summed E-state index contributed by atoms with van der Waals surface area (Å²) in [6, 6.07) is 15.6. The number of para-hydroxylation sites is 1. The van der Waals surface area contributed by atoms with Crippen LogP contribution >= 0.6 is 24.0 Å². The van der Waals surface area contributed by atoms with Crippen LogP contribution in [0.15, 0.2) is 59.6 Å².